The molecule has 5 atom stereocenters. The third-order valence-corrected chi connectivity index (χ3v) is 2.43. The summed E-state index contributed by atoms with van der Waals surface area (Å²) in [5, 5.41) is 45.8. The first-order chi connectivity index (χ1) is 7.61. The van der Waals surface area contributed by atoms with Gasteiger partial charge in [0.1, 0.15) is 24.4 Å². The molecule has 5 N–H and O–H groups in total. The Morgan fingerprint density at radius 2 is 1.69 bits per heavy atom. The van der Waals surface area contributed by atoms with Gasteiger partial charge in [0.25, 0.3) is 0 Å². The van der Waals surface area contributed by atoms with Gasteiger partial charge < -0.3 is 35.0 Å². The summed E-state index contributed by atoms with van der Waals surface area (Å²) in [6, 6.07) is 0. The summed E-state index contributed by atoms with van der Waals surface area (Å²) in [7, 11) is 0. The molecule has 1 saturated heterocycles. The standard InChI is InChI=1S/C9H18O7/c10-2-1-3-15-9-8(14)7(13)6(12)5(4-11)16-9/h5-14H,1-4H2/t5-,6-,7+,8+,9?/m1/s1. The normalized spacial score (nSPS) is 39.9. The molecule has 1 aliphatic rings. The summed E-state index contributed by atoms with van der Waals surface area (Å²) in [5.74, 6) is 0. The summed E-state index contributed by atoms with van der Waals surface area (Å²) >= 11 is 0. The van der Waals surface area contributed by atoms with E-state index in [-0.39, 0.29) is 13.2 Å². The van der Waals surface area contributed by atoms with E-state index in [4.69, 9.17) is 19.7 Å². The summed E-state index contributed by atoms with van der Waals surface area (Å²) in [6.45, 7) is -0.387. The summed E-state index contributed by atoms with van der Waals surface area (Å²) in [6.07, 6.45) is -5.88. The van der Waals surface area contributed by atoms with E-state index >= 15 is 0 Å². The highest BCUT2D eigenvalue weighted by Crippen LogP contribution is 2.21. The maximum Gasteiger partial charge on any atom is 0.186 e. The highest BCUT2D eigenvalue weighted by Gasteiger charge is 2.43. The molecular weight excluding hydrogens is 220 g/mol. The van der Waals surface area contributed by atoms with E-state index in [9.17, 15) is 15.3 Å². The van der Waals surface area contributed by atoms with Gasteiger partial charge in [0.2, 0.25) is 0 Å². The van der Waals surface area contributed by atoms with Crippen molar-refractivity contribution < 1.29 is 35.0 Å². The summed E-state index contributed by atoms with van der Waals surface area (Å²) < 4.78 is 10.1. The Hall–Kier alpha value is -0.280. The van der Waals surface area contributed by atoms with Crippen molar-refractivity contribution in [1.29, 1.82) is 0 Å². The first kappa shape index (κ1) is 13.8. The Morgan fingerprint density at radius 1 is 1.00 bits per heavy atom. The van der Waals surface area contributed by atoms with Crippen molar-refractivity contribution in [2.24, 2.45) is 0 Å². The first-order valence-electron chi connectivity index (χ1n) is 5.14. The number of aliphatic hydroxyl groups is 5. The second kappa shape index (κ2) is 6.45. The monoisotopic (exact) mass is 238 g/mol. The zero-order valence-electron chi connectivity index (χ0n) is 8.77. The number of hydrogen-bond acceptors (Lipinski definition) is 7. The highest BCUT2D eigenvalue weighted by atomic mass is 16.7. The van der Waals surface area contributed by atoms with Gasteiger partial charge in [-0.1, -0.05) is 0 Å². The summed E-state index contributed by atoms with van der Waals surface area (Å²) in [4.78, 5) is 0. The van der Waals surface area contributed by atoms with Crippen molar-refractivity contribution >= 4 is 0 Å². The Labute approximate surface area is 92.9 Å². The van der Waals surface area contributed by atoms with E-state index in [0.717, 1.165) is 0 Å². The Morgan fingerprint density at radius 3 is 2.25 bits per heavy atom. The first-order valence-corrected chi connectivity index (χ1v) is 5.14. The minimum absolute atomic E-state index is 0.0581. The Kier molecular flexibility index (Phi) is 5.56. The molecule has 7 heteroatoms. The van der Waals surface area contributed by atoms with Crippen LogP contribution in [0.4, 0.5) is 0 Å². The molecule has 0 aromatic carbocycles. The maximum atomic E-state index is 9.52. The maximum absolute atomic E-state index is 9.52. The third-order valence-electron chi connectivity index (χ3n) is 2.43. The average Bonchev–Trinajstić information content (AvgIpc) is 2.29. The topological polar surface area (TPSA) is 120 Å². The zero-order chi connectivity index (χ0) is 12.1. The van der Waals surface area contributed by atoms with E-state index in [2.05, 4.69) is 0 Å². The lowest BCUT2D eigenvalue weighted by atomic mass is 9.99. The molecule has 0 spiro atoms. The van der Waals surface area contributed by atoms with Crippen LogP contribution < -0.4 is 0 Å². The molecular formula is C9H18O7. The Bertz CT molecular complexity index is 198. The highest BCUT2D eigenvalue weighted by molar-refractivity contribution is 4.88. The van der Waals surface area contributed by atoms with E-state index < -0.39 is 37.3 Å². The molecule has 7 nitrogen and oxygen atoms in total. The van der Waals surface area contributed by atoms with Crippen molar-refractivity contribution in [3.63, 3.8) is 0 Å². The van der Waals surface area contributed by atoms with Gasteiger partial charge >= 0.3 is 0 Å². The number of hydrogen-bond donors (Lipinski definition) is 5. The molecule has 16 heavy (non-hydrogen) atoms. The fourth-order valence-electron chi connectivity index (χ4n) is 1.47. The molecule has 1 rings (SSSR count). The number of aliphatic hydroxyl groups excluding tert-OH is 5. The number of ether oxygens (including phenoxy) is 2. The summed E-state index contributed by atoms with van der Waals surface area (Å²) in [5.41, 5.74) is 0. The molecule has 1 fully saturated rings. The van der Waals surface area contributed by atoms with Crippen molar-refractivity contribution in [3.8, 4) is 0 Å². The number of rotatable bonds is 5. The van der Waals surface area contributed by atoms with E-state index in [1.807, 2.05) is 0 Å². The third kappa shape index (κ3) is 3.11. The van der Waals surface area contributed by atoms with Gasteiger partial charge in [-0.2, -0.15) is 0 Å². The van der Waals surface area contributed by atoms with Crippen LogP contribution in [-0.4, -0.2) is 76.1 Å². The molecule has 0 aromatic heterocycles. The van der Waals surface area contributed by atoms with Crippen molar-refractivity contribution in [1.82, 2.24) is 0 Å². The predicted molar refractivity (Wildman–Crippen MR) is 51.4 cm³/mol. The molecule has 0 radical (unpaired) electrons. The smallest absolute Gasteiger partial charge is 0.186 e. The minimum atomic E-state index is -1.43. The zero-order valence-corrected chi connectivity index (χ0v) is 8.77. The quantitative estimate of drug-likeness (QED) is 0.328. The van der Waals surface area contributed by atoms with Crippen molar-refractivity contribution in [2.75, 3.05) is 19.8 Å². The van der Waals surface area contributed by atoms with Crippen molar-refractivity contribution in [2.45, 2.75) is 37.1 Å². The van der Waals surface area contributed by atoms with Gasteiger partial charge in [-0.25, -0.2) is 0 Å². The van der Waals surface area contributed by atoms with Crippen LogP contribution in [0.5, 0.6) is 0 Å². The van der Waals surface area contributed by atoms with Gasteiger partial charge in [-0.05, 0) is 6.42 Å². The SMILES string of the molecule is OCCCOC1O[C@H](CO)[C@@H](O)[C@H](O)[C@@H]1O. The lowest BCUT2D eigenvalue weighted by Crippen LogP contribution is -2.59. The van der Waals surface area contributed by atoms with Gasteiger partial charge in [0.15, 0.2) is 6.29 Å². The van der Waals surface area contributed by atoms with Crippen LogP contribution in [0.25, 0.3) is 0 Å². The van der Waals surface area contributed by atoms with Crippen molar-refractivity contribution in [3.05, 3.63) is 0 Å². The molecule has 0 aliphatic carbocycles. The molecule has 0 aromatic rings. The lowest BCUT2D eigenvalue weighted by molar-refractivity contribution is -0.301. The Balaban J connectivity index is 2.50. The van der Waals surface area contributed by atoms with Crippen LogP contribution in [0.2, 0.25) is 0 Å². The van der Waals surface area contributed by atoms with Crippen LogP contribution in [0.1, 0.15) is 6.42 Å². The second-order valence-corrected chi connectivity index (χ2v) is 3.65. The van der Waals surface area contributed by atoms with Crippen LogP contribution in [0.15, 0.2) is 0 Å². The van der Waals surface area contributed by atoms with Gasteiger partial charge in [0.05, 0.1) is 13.2 Å². The minimum Gasteiger partial charge on any atom is -0.396 e. The van der Waals surface area contributed by atoms with Crippen LogP contribution in [0, 0.1) is 0 Å². The average molecular weight is 238 g/mol. The fraction of sp³-hybridized carbons (Fsp3) is 1.00. The lowest BCUT2D eigenvalue weighted by Gasteiger charge is -2.39. The molecule has 96 valence electrons. The second-order valence-electron chi connectivity index (χ2n) is 3.65. The van der Waals surface area contributed by atoms with E-state index in [1.54, 1.807) is 0 Å². The molecule has 0 bridgehead atoms. The van der Waals surface area contributed by atoms with Gasteiger partial charge in [-0.15, -0.1) is 0 Å². The van der Waals surface area contributed by atoms with Gasteiger partial charge in [0, 0.05) is 6.61 Å². The molecule has 1 unspecified atom stereocenters. The predicted octanol–water partition coefficient (Wildman–Crippen LogP) is -2.81. The van der Waals surface area contributed by atoms with E-state index in [0.29, 0.717) is 6.42 Å². The fourth-order valence-corrected chi connectivity index (χ4v) is 1.47. The van der Waals surface area contributed by atoms with Crippen LogP contribution >= 0.6 is 0 Å². The van der Waals surface area contributed by atoms with Crippen LogP contribution in [0.3, 0.4) is 0 Å². The van der Waals surface area contributed by atoms with E-state index in [1.165, 1.54) is 0 Å². The molecule has 1 heterocycles. The van der Waals surface area contributed by atoms with Gasteiger partial charge in [-0.3, -0.25) is 0 Å². The largest absolute Gasteiger partial charge is 0.396 e. The molecule has 0 saturated carbocycles. The van der Waals surface area contributed by atoms with Crippen LogP contribution in [-0.2, 0) is 9.47 Å². The molecule has 0 amide bonds. The molecule has 1 aliphatic heterocycles.